The highest BCUT2D eigenvalue weighted by Gasteiger charge is 2.22. The van der Waals surface area contributed by atoms with Crippen LogP contribution in [0.1, 0.15) is 28.7 Å². The molecule has 12 heteroatoms. The SMILES string of the molecule is CC(=NNC(=O)c1c(C)nnn1-c1nonc1N)c1ccc(Cl)c(Cl)c1. The number of benzene rings is 1. The maximum absolute atomic E-state index is 12.5. The molecule has 0 aliphatic carbocycles. The first-order valence-corrected chi connectivity index (χ1v) is 7.95. The summed E-state index contributed by atoms with van der Waals surface area (Å²) in [6, 6.07) is 5.02. The van der Waals surface area contributed by atoms with Gasteiger partial charge < -0.3 is 5.73 Å². The minimum absolute atomic E-state index is 0.0283. The van der Waals surface area contributed by atoms with Crippen molar-refractivity contribution in [3.8, 4) is 5.82 Å². The lowest BCUT2D eigenvalue weighted by Gasteiger charge is -2.05. The van der Waals surface area contributed by atoms with Crippen LogP contribution in [-0.2, 0) is 0 Å². The van der Waals surface area contributed by atoms with Crippen LogP contribution in [0.15, 0.2) is 27.9 Å². The highest BCUT2D eigenvalue weighted by atomic mass is 35.5. The number of nitrogens with zero attached hydrogens (tertiary/aromatic N) is 6. The molecule has 2 heterocycles. The van der Waals surface area contributed by atoms with Crippen LogP contribution in [0, 0.1) is 6.92 Å². The van der Waals surface area contributed by atoms with Gasteiger partial charge in [0.25, 0.3) is 5.91 Å². The second kappa shape index (κ2) is 7.10. The summed E-state index contributed by atoms with van der Waals surface area (Å²) in [5.41, 5.74) is 9.74. The van der Waals surface area contributed by atoms with Gasteiger partial charge in [-0.3, -0.25) is 4.79 Å². The average molecular weight is 395 g/mol. The Morgan fingerprint density at radius 2 is 2.08 bits per heavy atom. The highest BCUT2D eigenvalue weighted by molar-refractivity contribution is 6.42. The van der Waals surface area contributed by atoms with Crippen LogP contribution in [0.4, 0.5) is 5.82 Å². The fourth-order valence-electron chi connectivity index (χ4n) is 2.08. The van der Waals surface area contributed by atoms with Gasteiger partial charge in [-0.15, -0.1) is 5.10 Å². The summed E-state index contributed by atoms with van der Waals surface area (Å²) < 4.78 is 5.65. The number of hydrogen-bond acceptors (Lipinski definition) is 8. The molecular weight excluding hydrogens is 383 g/mol. The number of aryl methyl sites for hydroxylation is 1. The average Bonchev–Trinajstić information content (AvgIpc) is 3.20. The fourth-order valence-corrected chi connectivity index (χ4v) is 2.38. The number of nitrogens with two attached hydrogens (primary N) is 1. The third-order valence-electron chi connectivity index (χ3n) is 3.41. The van der Waals surface area contributed by atoms with E-state index < -0.39 is 5.91 Å². The number of rotatable bonds is 4. The second-order valence-electron chi connectivity index (χ2n) is 5.18. The number of carbonyl (C=O) groups is 1. The predicted molar refractivity (Wildman–Crippen MR) is 94.5 cm³/mol. The van der Waals surface area contributed by atoms with Gasteiger partial charge in [0.15, 0.2) is 5.69 Å². The van der Waals surface area contributed by atoms with E-state index in [-0.39, 0.29) is 17.3 Å². The predicted octanol–water partition coefficient (Wildman–Crippen LogP) is 2.00. The molecule has 0 unspecified atom stereocenters. The van der Waals surface area contributed by atoms with Crippen molar-refractivity contribution in [3.63, 3.8) is 0 Å². The van der Waals surface area contributed by atoms with E-state index in [1.807, 2.05) is 0 Å². The van der Waals surface area contributed by atoms with E-state index >= 15 is 0 Å². The van der Waals surface area contributed by atoms with Gasteiger partial charge in [0, 0.05) is 0 Å². The molecule has 2 aromatic heterocycles. The third-order valence-corrected chi connectivity index (χ3v) is 4.15. The second-order valence-corrected chi connectivity index (χ2v) is 5.99. The highest BCUT2D eigenvalue weighted by Crippen LogP contribution is 2.23. The Morgan fingerprint density at radius 1 is 1.31 bits per heavy atom. The first kappa shape index (κ1) is 17.8. The van der Waals surface area contributed by atoms with Crippen LogP contribution in [0.5, 0.6) is 0 Å². The van der Waals surface area contributed by atoms with Gasteiger partial charge in [-0.25, -0.2) is 10.1 Å². The number of hydrogen-bond donors (Lipinski definition) is 2. The lowest BCUT2D eigenvalue weighted by molar-refractivity contribution is 0.0946. The Hall–Kier alpha value is -2.98. The fraction of sp³-hybridized carbons (Fsp3) is 0.143. The van der Waals surface area contributed by atoms with Crippen LogP contribution >= 0.6 is 23.2 Å². The quantitative estimate of drug-likeness (QED) is 0.509. The molecule has 134 valence electrons. The van der Waals surface area contributed by atoms with E-state index in [0.29, 0.717) is 27.0 Å². The summed E-state index contributed by atoms with van der Waals surface area (Å²) in [6.07, 6.45) is 0. The minimum Gasteiger partial charge on any atom is -0.378 e. The normalized spacial score (nSPS) is 11.6. The minimum atomic E-state index is -0.561. The molecule has 10 nitrogen and oxygen atoms in total. The summed E-state index contributed by atoms with van der Waals surface area (Å²) in [7, 11) is 0. The van der Waals surface area contributed by atoms with Crippen molar-refractivity contribution in [1.82, 2.24) is 30.7 Å². The Bertz CT molecular complexity index is 1010. The van der Waals surface area contributed by atoms with Gasteiger partial charge in [-0.1, -0.05) is 34.5 Å². The molecule has 3 aromatic rings. The number of amides is 1. The molecule has 0 aliphatic heterocycles. The number of anilines is 1. The summed E-state index contributed by atoms with van der Waals surface area (Å²) in [5, 5.41) is 19.6. The molecule has 1 aromatic carbocycles. The van der Waals surface area contributed by atoms with Crippen LogP contribution in [0.25, 0.3) is 5.82 Å². The zero-order valence-corrected chi connectivity index (χ0v) is 15.1. The van der Waals surface area contributed by atoms with E-state index in [0.717, 1.165) is 4.68 Å². The molecule has 1 amide bonds. The molecule has 0 bridgehead atoms. The maximum atomic E-state index is 12.5. The molecule has 0 saturated heterocycles. The zero-order chi connectivity index (χ0) is 18.8. The zero-order valence-electron chi connectivity index (χ0n) is 13.6. The van der Waals surface area contributed by atoms with Crippen LogP contribution in [0.3, 0.4) is 0 Å². The van der Waals surface area contributed by atoms with E-state index in [4.69, 9.17) is 28.9 Å². The van der Waals surface area contributed by atoms with Crippen molar-refractivity contribution in [2.24, 2.45) is 5.10 Å². The molecule has 26 heavy (non-hydrogen) atoms. The Balaban J connectivity index is 1.86. The van der Waals surface area contributed by atoms with Gasteiger partial charge in [0.2, 0.25) is 11.6 Å². The number of aromatic nitrogens is 5. The van der Waals surface area contributed by atoms with Crippen molar-refractivity contribution in [2.75, 3.05) is 5.73 Å². The van der Waals surface area contributed by atoms with E-state index in [1.165, 1.54) is 0 Å². The molecule has 0 fully saturated rings. The molecule has 0 radical (unpaired) electrons. The van der Waals surface area contributed by atoms with Crippen molar-refractivity contribution in [3.05, 3.63) is 45.2 Å². The van der Waals surface area contributed by atoms with Gasteiger partial charge in [0.05, 0.1) is 21.5 Å². The van der Waals surface area contributed by atoms with E-state index in [2.05, 4.69) is 35.8 Å². The summed E-state index contributed by atoms with van der Waals surface area (Å²) in [4.78, 5) is 12.5. The molecular formula is C14H12Cl2N8O2. The Labute approximate surface area is 156 Å². The molecule has 0 atom stereocenters. The molecule has 3 rings (SSSR count). The standard InChI is InChI=1S/C14H12Cl2N8O2/c1-6(8-3-4-9(15)10(16)5-8)18-20-14(25)11-7(2)19-23-24(11)13-12(17)21-26-22-13/h3-5H,1-2H3,(H2,17,21)(H,20,25). The van der Waals surface area contributed by atoms with Gasteiger partial charge in [-0.2, -0.15) is 9.78 Å². The smallest absolute Gasteiger partial charge is 0.292 e. The molecule has 0 spiro atoms. The van der Waals surface area contributed by atoms with Gasteiger partial charge in [0.1, 0.15) is 0 Å². The van der Waals surface area contributed by atoms with Crippen molar-refractivity contribution >= 4 is 40.6 Å². The van der Waals surface area contributed by atoms with Crippen LogP contribution in [0.2, 0.25) is 10.0 Å². The monoisotopic (exact) mass is 394 g/mol. The molecule has 3 N–H and O–H groups in total. The molecule has 0 aliphatic rings. The lowest BCUT2D eigenvalue weighted by Crippen LogP contribution is -2.24. The summed E-state index contributed by atoms with van der Waals surface area (Å²) in [6.45, 7) is 3.32. The molecule has 0 saturated carbocycles. The Kier molecular flexibility index (Phi) is 4.87. The van der Waals surface area contributed by atoms with Gasteiger partial charge >= 0.3 is 0 Å². The van der Waals surface area contributed by atoms with Gasteiger partial charge in [-0.05, 0) is 41.9 Å². The maximum Gasteiger partial charge on any atom is 0.292 e. The van der Waals surface area contributed by atoms with Crippen LogP contribution < -0.4 is 11.2 Å². The topological polar surface area (TPSA) is 137 Å². The summed E-state index contributed by atoms with van der Waals surface area (Å²) >= 11 is 11.9. The van der Waals surface area contributed by atoms with Crippen LogP contribution in [-0.4, -0.2) is 36.9 Å². The lowest BCUT2D eigenvalue weighted by atomic mass is 10.1. The first-order chi connectivity index (χ1) is 12.4. The van der Waals surface area contributed by atoms with Crippen molar-refractivity contribution < 1.29 is 9.42 Å². The number of nitrogen functional groups attached to an aromatic ring is 1. The third kappa shape index (κ3) is 3.37. The van der Waals surface area contributed by atoms with Crippen molar-refractivity contribution in [2.45, 2.75) is 13.8 Å². The number of nitrogens with one attached hydrogen (secondary N) is 1. The Morgan fingerprint density at radius 3 is 2.73 bits per heavy atom. The number of hydrazone groups is 1. The van der Waals surface area contributed by atoms with E-state index in [1.54, 1.807) is 32.0 Å². The van der Waals surface area contributed by atoms with E-state index in [9.17, 15) is 4.79 Å². The first-order valence-electron chi connectivity index (χ1n) is 7.19. The number of carbonyl (C=O) groups excluding carboxylic acids is 1. The summed E-state index contributed by atoms with van der Waals surface area (Å²) in [5.74, 6) is -0.533. The number of halogens is 2. The largest absolute Gasteiger partial charge is 0.378 e. The van der Waals surface area contributed by atoms with Crippen molar-refractivity contribution in [1.29, 1.82) is 0 Å².